The van der Waals surface area contributed by atoms with Crippen molar-refractivity contribution in [2.24, 2.45) is 5.92 Å². The third-order valence-electron chi connectivity index (χ3n) is 4.37. The maximum atomic E-state index is 13.1. The molecule has 0 spiro atoms. The predicted octanol–water partition coefficient (Wildman–Crippen LogP) is 4.75. The highest BCUT2D eigenvalue weighted by Crippen LogP contribution is 2.33. The van der Waals surface area contributed by atoms with Crippen molar-refractivity contribution in [3.8, 4) is 5.75 Å². The number of nitrogens with one attached hydrogen (secondary N) is 1. The molecule has 23 heavy (non-hydrogen) atoms. The molecule has 1 aliphatic rings. The van der Waals surface area contributed by atoms with Gasteiger partial charge in [0.05, 0.1) is 0 Å². The minimum absolute atomic E-state index is 0.0257. The van der Waals surface area contributed by atoms with Gasteiger partial charge in [-0.15, -0.1) is 0 Å². The largest absolute Gasteiger partial charge is 0.485 e. The first-order chi connectivity index (χ1) is 11.2. The highest BCUT2D eigenvalue weighted by Gasteiger charge is 2.26. The van der Waals surface area contributed by atoms with Gasteiger partial charge in [-0.1, -0.05) is 36.9 Å². The van der Waals surface area contributed by atoms with Gasteiger partial charge in [-0.05, 0) is 55.8 Å². The fourth-order valence-corrected chi connectivity index (χ4v) is 3.09. The second-order valence-electron chi connectivity index (χ2n) is 5.97. The van der Waals surface area contributed by atoms with E-state index < -0.39 is 5.83 Å². The molecule has 2 aromatic rings. The van der Waals surface area contributed by atoms with E-state index in [4.69, 9.17) is 4.74 Å². The van der Waals surface area contributed by atoms with Crippen LogP contribution in [0, 0.1) is 5.92 Å². The number of piperidine rings is 1. The number of rotatable bonds is 5. The van der Waals surface area contributed by atoms with Gasteiger partial charge in [0.25, 0.3) is 0 Å². The molecule has 1 fully saturated rings. The molecule has 0 amide bonds. The van der Waals surface area contributed by atoms with Crippen molar-refractivity contribution in [3.05, 3.63) is 72.3 Å². The zero-order valence-electron chi connectivity index (χ0n) is 13.2. The van der Waals surface area contributed by atoms with Gasteiger partial charge in [0.15, 0.2) is 0 Å². The number of hydrogen-bond donors (Lipinski definition) is 1. The fraction of sp³-hybridized carbons (Fsp3) is 0.300. The molecule has 0 saturated carbocycles. The third kappa shape index (κ3) is 3.99. The normalized spacial score (nSPS) is 16.7. The minimum atomic E-state index is -0.422. The van der Waals surface area contributed by atoms with Crippen molar-refractivity contribution >= 4 is 5.83 Å². The van der Waals surface area contributed by atoms with Gasteiger partial charge in [-0.3, -0.25) is 0 Å². The van der Waals surface area contributed by atoms with E-state index in [0.717, 1.165) is 31.7 Å². The quantitative estimate of drug-likeness (QED) is 0.860. The Morgan fingerprint density at radius 3 is 2.30 bits per heavy atom. The first-order valence-electron chi connectivity index (χ1n) is 8.11. The molecule has 1 N–H and O–H groups in total. The second-order valence-corrected chi connectivity index (χ2v) is 5.97. The Morgan fingerprint density at radius 1 is 1.04 bits per heavy atom. The standard InChI is InChI=1S/C20H22FNO/c1-15(21)16-7-9-19(10-8-16)23-20(17-5-3-2-4-6-17)18-11-13-22-14-12-18/h2-10,18,20,22H,1,11-14H2. The van der Waals surface area contributed by atoms with Crippen LogP contribution >= 0.6 is 0 Å². The summed E-state index contributed by atoms with van der Waals surface area (Å²) in [7, 11) is 0. The van der Waals surface area contributed by atoms with Gasteiger partial charge in [-0.25, -0.2) is 4.39 Å². The van der Waals surface area contributed by atoms with Gasteiger partial charge in [0, 0.05) is 11.5 Å². The molecule has 1 heterocycles. The Kier molecular flexibility index (Phi) is 5.09. The van der Waals surface area contributed by atoms with Gasteiger partial charge < -0.3 is 10.1 Å². The van der Waals surface area contributed by atoms with Crippen LogP contribution in [0.3, 0.4) is 0 Å². The van der Waals surface area contributed by atoms with Crippen molar-refractivity contribution in [3.63, 3.8) is 0 Å². The second kappa shape index (κ2) is 7.42. The minimum Gasteiger partial charge on any atom is -0.485 e. The molecule has 0 radical (unpaired) electrons. The summed E-state index contributed by atoms with van der Waals surface area (Å²) in [5.41, 5.74) is 1.69. The molecule has 2 aromatic carbocycles. The maximum absolute atomic E-state index is 13.1. The van der Waals surface area contributed by atoms with E-state index in [1.165, 1.54) is 5.56 Å². The highest BCUT2D eigenvalue weighted by molar-refractivity contribution is 5.57. The van der Waals surface area contributed by atoms with Crippen molar-refractivity contribution < 1.29 is 9.13 Å². The summed E-state index contributed by atoms with van der Waals surface area (Å²) in [6, 6.07) is 17.4. The smallest absolute Gasteiger partial charge is 0.127 e. The van der Waals surface area contributed by atoms with E-state index in [0.29, 0.717) is 11.5 Å². The molecule has 1 atom stereocenters. The lowest BCUT2D eigenvalue weighted by Crippen LogP contribution is -2.32. The fourth-order valence-electron chi connectivity index (χ4n) is 3.09. The van der Waals surface area contributed by atoms with Crippen LogP contribution in [-0.4, -0.2) is 13.1 Å². The van der Waals surface area contributed by atoms with E-state index in [1.807, 2.05) is 30.3 Å². The Hall–Kier alpha value is -2.13. The van der Waals surface area contributed by atoms with Crippen LogP contribution in [0.15, 0.2) is 61.2 Å². The van der Waals surface area contributed by atoms with E-state index in [1.54, 1.807) is 12.1 Å². The van der Waals surface area contributed by atoms with Gasteiger partial charge in [-0.2, -0.15) is 0 Å². The van der Waals surface area contributed by atoms with Crippen molar-refractivity contribution in [1.29, 1.82) is 0 Å². The zero-order chi connectivity index (χ0) is 16.1. The average molecular weight is 311 g/mol. The zero-order valence-corrected chi connectivity index (χ0v) is 13.2. The van der Waals surface area contributed by atoms with Crippen molar-refractivity contribution in [2.75, 3.05) is 13.1 Å². The Balaban J connectivity index is 1.81. The summed E-state index contributed by atoms with van der Waals surface area (Å²) in [5.74, 6) is 0.825. The van der Waals surface area contributed by atoms with Crippen LogP contribution in [0.5, 0.6) is 5.75 Å². The number of hydrogen-bond acceptors (Lipinski definition) is 2. The summed E-state index contributed by atoms with van der Waals surface area (Å²) in [6.07, 6.45) is 2.22. The summed E-state index contributed by atoms with van der Waals surface area (Å²) in [5, 5.41) is 3.40. The molecule has 1 saturated heterocycles. The van der Waals surface area contributed by atoms with Gasteiger partial charge in [0.2, 0.25) is 0 Å². The van der Waals surface area contributed by atoms with Crippen molar-refractivity contribution in [2.45, 2.75) is 18.9 Å². The lowest BCUT2D eigenvalue weighted by Gasteiger charge is -2.31. The molecule has 1 unspecified atom stereocenters. The Bertz CT molecular complexity index is 632. The maximum Gasteiger partial charge on any atom is 0.127 e. The topological polar surface area (TPSA) is 21.3 Å². The predicted molar refractivity (Wildman–Crippen MR) is 92.0 cm³/mol. The van der Waals surface area contributed by atoms with Crippen LogP contribution < -0.4 is 10.1 Å². The first-order valence-corrected chi connectivity index (χ1v) is 8.11. The van der Waals surface area contributed by atoms with E-state index in [9.17, 15) is 4.39 Å². The molecule has 120 valence electrons. The molecule has 1 aliphatic heterocycles. The van der Waals surface area contributed by atoms with Crippen LogP contribution in [0.2, 0.25) is 0 Å². The SMILES string of the molecule is C=C(F)c1ccc(OC(c2ccccc2)C2CCNCC2)cc1. The summed E-state index contributed by atoms with van der Waals surface area (Å²) < 4.78 is 19.4. The molecular weight excluding hydrogens is 289 g/mol. The number of benzene rings is 2. The van der Waals surface area contributed by atoms with Crippen molar-refractivity contribution in [1.82, 2.24) is 5.32 Å². The lowest BCUT2D eigenvalue weighted by atomic mass is 9.88. The summed E-state index contributed by atoms with van der Waals surface area (Å²) >= 11 is 0. The molecule has 2 nitrogen and oxygen atoms in total. The van der Waals surface area contributed by atoms with Crippen LogP contribution in [0.1, 0.15) is 30.1 Å². The summed E-state index contributed by atoms with van der Waals surface area (Å²) in [4.78, 5) is 0. The molecule has 3 heteroatoms. The van der Waals surface area contributed by atoms with E-state index >= 15 is 0 Å². The van der Waals surface area contributed by atoms with Crippen LogP contribution in [-0.2, 0) is 0 Å². The Labute approximate surface area is 137 Å². The van der Waals surface area contributed by atoms with Crippen LogP contribution in [0.4, 0.5) is 4.39 Å². The Morgan fingerprint density at radius 2 is 1.70 bits per heavy atom. The number of halogens is 1. The third-order valence-corrected chi connectivity index (χ3v) is 4.37. The molecule has 0 aliphatic carbocycles. The molecule has 3 rings (SSSR count). The lowest BCUT2D eigenvalue weighted by molar-refractivity contribution is 0.112. The first kappa shape index (κ1) is 15.8. The monoisotopic (exact) mass is 311 g/mol. The van der Waals surface area contributed by atoms with E-state index in [-0.39, 0.29) is 6.10 Å². The molecule has 0 aromatic heterocycles. The molecular formula is C20H22FNO. The van der Waals surface area contributed by atoms with Gasteiger partial charge in [0.1, 0.15) is 17.7 Å². The van der Waals surface area contributed by atoms with Gasteiger partial charge >= 0.3 is 0 Å². The molecule has 0 bridgehead atoms. The summed E-state index contributed by atoms with van der Waals surface area (Å²) in [6.45, 7) is 5.37. The number of ether oxygens (including phenoxy) is 1. The average Bonchev–Trinajstić information content (AvgIpc) is 2.61. The van der Waals surface area contributed by atoms with E-state index in [2.05, 4.69) is 24.0 Å². The highest BCUT2D eigenvalue weighted by atomic mass is 19.1. The van der Waals surface area contributed by atoms with Crippen LogP contribution in [0.25, 0.3) is 5.83 Å².